The van der Waals surface area contributed by atoms with Crippen LogP contribution in [0.15, 0.2) is 59.2 Å². The van der Waals surface area contributed by atoms with Gasteiger partial charge in [-0.15, -0.1) is 17.6 Å². The minimum atomic E-state index is -0.554. The standard InChI is InChI=1S/C14H18FN3/c1-6-11-12(18(5)15)9-16-10-17-13(11)14(4,7-2)8-3/h6-8,10H,1-3,9H2,4-5H3. The predicted octanol–water partition coefficient (Wildman–Crippen LogP) is 3.10. The summed E-state index contributed by atoms with van der Waals surface area (Å²) in [6.45, 7) is 13.4. The second-order valence-electron chi connectivity index (χ2n) is 4.17. The van der Waals surface area contributed by atoms with Crippen LogP contribution < -0.4 is 0 Å². The summed E-state index contributed by atoms with van der Waals surface area (Å²) in [5.74, 6) is 0. The lowest BCUT2D eigenvalue weighted by molar-refractivity contribution is 0.105. The first kappa shape index (κ1) is 14.1. The summed E-state index contributed by atoms with van der Waals surface area (Å²) in [5.41, 5.74) is 1.14. The van der Waals surface area contributed by atoms with E-state index in [2.05, 4.69) is 29.7 Å². The maximum Gasteiger partial charge on any atom is 0.110 e. The van der Waals surface area contributed by atoms with Gasteiger partial charge in [0, 0.05) is 18.0 Å². The van der Waals surface area contributed by atoms with Crippen LogP contribution >= 0.6 is 0 Å². The highest BCUT2D eigenvalue weighted by Gasteiger charge is 2.29. The van der Waals surface area contributed by atoms with E-state index in [9.17, 15) is 4.48 Å². The molecule has 0 amide bonds. The van der Waals surface area contributed by atoms with Gasteiger partial charge in [-0.05, 0) is 6.92 Å². The molecule has 1 rings (SSSR count). The highest BCUT2D eigenvalue weighted by Crippen LogP contribution is 2.29. The third-order valence-electron chi connectivity index (χ3n) is 3.01. The molecule has 1 aliphatic heterocycles. The summed E-state index contributed by atoms with van der Waals surface area (Å²) in [5, 5.41) is 0.543. The molecular weight excluding hydrogens is 229 g/mol. The van der Waals surface area contributed by atoms with Crippen LogP contribution in [0.4, 0.5) is 4.48 Å². The number of likely N-dealkylation sites (N-methyl/N-ethyl adjacent to an activating group) is 1. The number of nitrogens with zero attached hydrogens (tertiary/aromatic N) is 3. The average molecular weight is 247 g/mol. The van der Waals surface area contributed by atoms with E-state index in [0.29, 0.717) is 22.1 Å². The van der Waals surface area contributed by atoms with Gasteiger partial charge in [0.15, 0.2) is 0 Å². The minimum absolute atomic E-state index is 0.228. The van der Waals surface area contributed by atoms with E-state index in [1.54, 1.807) is 18.2 Å². The summed E-state index contributed by atoms with van der Waals surface area (Å²) in [4.78, 5) is 8.32. The number of hydrogen-bond acceptors (Lipinski definition) is 3. The van der Waals surface area contributed by atoms with E-state index < -0.39 is 5.41 Å². The average Bonchev–Trinajstić information content (AvgIpc) is 2.59. The van der Waals surface area contributed by atoms with Crippen molar-refractivity contribution in [2.45, 2.75) is 6.92 Å². The fraction of sp³-hybridized carbons (Fsp3) is 0.286. The van der Waals surface area contributed by atoms with Gasteiger partial charge in [-0.25, -0.2) is 10.1 Å². The second kappa shape index (κ2) is 5.58. The Bertz CT molecular complexity index is 448. The molecule has 0 aromatic heterocycles. The van der Waals surface area contributed by atoms with Crippen molar-refractivity contribution in [2.24, 2.45) is 15.4 Å². The third kappa shape index (κ3) is 2.47. The van der Waals surface area contributed by atoms with Crippen LogP contribution in [0.2, 0.25) is 0 Å². The Hall–Kier alpha value is -1.97. The number of allylic oxidation sites excluding steroid dienone is 4. The number of rotatable bonds is 5. The van der Waals surface area contributed by atoms with Crippen LogP contribution in [0.25, 0.3) is 0 Å². The molecule has 96 valence electrons. The van der Waals surface area contributed by atoms with Crippen LogP contribution in [-0.2, 0) is 0 Å². The maximum atomic E-state index is 13.5. The Morgan fingerprint density at radius 2 is 2.00 bits per heavy atom. The van der Waals surface area contributed by atoms with Crippen LogP contribution in [0.1, 0.15) is 6.92 Å². The highest BCUT2D eigenvalue weighted by atomic mass is 19.2. The highest BCUT2D eigenvalue weighted by molar-refractivity contribution is 6.12. The molecule has 0 aromatic rings. The van der Waals surface area contributed by atoms with Gasteiger partial charge in [0.1, 0.15) is 6.34 Å². The van der Waals surface area contributed by atoms with Crippen molar-refractivity contribution in [1.29, 1.82) is 0 Å². The first-order valence-electron chi connectivity index (χ1n) is 5.59. The zero-order valence-corrected chi connectivity index (χ0v) is 10.9. The molecule has 0 N–H and O–H groups in total. The lowest BCUT2D eigenvalue weighted by Gasteiger charge is -2.25. The van der Waals surface area contributed by atoms with Crippen molar-refractivity contribution in [3.63, 3.8) is 0 Å². The first-order chi connectivity index (χ1) is 8.50. The molecule has 4 heteroatoms. The molecule has 1 heterocycles. The summed E-state index contributed by atoms with van der Waals surface area (Å²) < 4.78 is 13.5. The molecule has 0 radical (unpaired) electrons. The second-order valence-corrected chi connectivity index (χ2v) is 4.17. The fourth-order valence-corrected chi connectivity index (χ4v) is 1.70. The van der Waals surface area contributed by atoms with E-state index in [4.69, 9.17) is 0 Å². The van der Waals surface area contributed by atoms with Crippen molar-refractivity contribution in [2.75, 3.05) is 13.6 Å². The van der Waals surface area contributed by atoms with Crippen LogP contribution in [0, 0.1) is 5.41 Å². The zero-order chi connectivity index (χ0) is 13.8. The van der Waals surface area contributed by atoms with E-state index in [1.807, 2.05) is 6.92 Å². The lowest BCUT2D eigenvalue weighted by Crippen LogP contribution is -2.27. The van der Waals surface area contributed by atoms with Crippen molar-refractivity contribution in [3.8, 4) is 0 Å². The van der Waals surface area contributed by atoms with Gasteiger partial charge < -0.3 is 0 Å². The summed E-state index contributed by atoms with van der Waals surface area (Å²) in [6, 6.07) is 0. The molecule has 0 atom stereocenters. The monoisotopic (exact) mass is 247 g/mol. The molecule has 0 saturated heterocycles. The molecule has 0 fully saturated rings. The van der Waals surface area contributed by atoms with Gasteiger partial charge in [-0.3, -0.25) is 4.99 Å². The largest absolute Gasteiger partial charge is 0.267 e. The molecule has 0 unspecified atom stereocenters. The van der Waals surface area contributed by atoms with Crippen molar-refractivity contribution < 1.29 is 4.48 Å². The normalized spacial score (nSPS) is 15.8. The van der Waals surface area contributed by atoms with Crippen molar-refractivity contribution in [3.05, 3.63) is 49.2 Å². The van der Waals surface area contributed by atoms with E-state index in [-0.39, 0.29) is 6.54 Å². The zero-order valence-electron chi connectivity index (χ0n) is 10.9. The molecule has 0 bridgehead atoms. The van der Waals surface area contributed by atoms with Crippen LogP contribution in [0.3, 0.4) is 0 Å². The molecular formula is C14H18FN3. The smallest absolute Gasteiger partial charge is 0.110 e. The molecule has 0 aromatic carbocycles. The van der Waals surface area contributed by atoms with E-state index in [0.717, 1.165) is 0 Å². The fourth-order valence-electron chi connectivity index (χ4n) is 1.70. The van der Waals surface area contributed by atoms with Gasteiger partial charge in [-0.2, -0.15) is 0 Å². The topological polar surface area (TPSA) is 28.0 Å². The number of hydrogen-bond donors (Lipinski definition) is 0. The molecule has 0 aliphatic carbocycles. The van der Waals surface area contributed by atoms with Gasteiger partial charge in [0.05, 0.1) is 18.0 Å². The summed E-state index contributed by atoms with van der Waals surface area (Å²) in [6.07, 6.45) is 6.46. The SMILES string of the molecule is C=CC1=C(N(C)F)CN=CN=C1C(C)(C=C)C=C. The molecule has 1 aliphatic rings. The first-order valence-corrected chi connectivity index (χ1v) is 5.59. The van der Waals surface area contributed by atoms with E-state index in [1.165, 1.54) is 13.4 Å². The Balaban J connectivity index is 3.48. The summed E-state index contributed by atoms with van der Waals surface area (Å²) >= 11 is 0. The van der Waals surface area contributed by atoms with Crippen molar-refractivity contribution in [1.82, 2.24) is 5.12 Å². The summed E-state index contributed by atoms with van der Waals surface area (Å²) in [7, 11) is 1.33. The van der Waals surface area contributed by atoms with E-state index >= 15 is 0 Å². The minimum Gasteiger partial charge on any atom is -0.267 e. The Kier molecular flexibility index (Phi) is 4.37. The van der Waals surface area contributed by atoms with Crippen LogP contribution in [-0.4, -0.2) is 30.8 Å². The molecule has 18 heavy (non-hydrogen) atoms. The molecule has 0 spiro atoms. The predicted molar refractivity (Wildman–Crippen MR) is 75.4 cm³/mol. The van der Waals surface area contributed by atoms with Gasteiger partial charge in [0.25, 0.3) is 0 Å². The maximum absolute atomic E-state index is 13.5. The van der Waals surface area contributed by atoms with Gasteiger partial charge >= 0.3 is 0 Å². The van der Waals surface area contributed by atoms with Gasteiger partial charge in [0.2, 0.25) is 0 Å². The van der Waals surface area contributed by atoms with Gasteiger partial charge in [-0.1, -0.05) is 24.8 Å². The van der Waals surface area contributed by atoms with Crippen LogP contribution in [0.5, 0.6) is 0 Å². The molecule has 3 nitrogen and oxygen atoms in total. The Morgan fingerprint density at radius 1 is 1.39 bits per heavy atom. The Morgan fingerprint density at radius 3 is 2.44 bits per heavy atom. The lowest BCUT2D eigenvalue weighted by atomic mass is 9.80. The Labute approximate surface area is 107 Å². The third-order valence-corrected chi connectivity index (χ3v) is 3.01. The van der Waals surface area contributed by atoms with Crippen molar-refractivity contribution >= 4 is 12.1 Å². The number of halogens is 1. The molecule has 0 saturated carbocycles. The number of aliphatic imine (C=N–C) groups is 2. The quantitative estimate of drug-likeness (QED) is 0.542.